The summed E-state index contributed by atoms with van der Waals surface area (Å²) in [5.41, 5.74) is 1.31. The molecule has 0 aliphatic carbocycles. The number of oxazole rings is 1. The summed E-state index contributed by atoms with van der Waals surface area (Å²) in [5.74, 6) is 1.08. The van der Waals surface area contributed by atoms with Gasteiger partial charge in [-0.3, -0.25) is 4.72 Å². The highest BCUT2D eigenvalue weighted by Crippen LogP contribution is 2.32. The molecule has 0 spiro atoms. The highest BCUT2D eigenvalue weighted by Gasteiger charge is 2.19. The smallest absolute Gasteiger partial charge is 0.271 e. The number of nitrogens with one attached hydrogen (secondary N) is 1. The third kappa shape index (κ3) is 3.41. The maximum absolute atomic E-state index is 12.5. The molecular formula is C15H13ClN2O3S2. The fraction of sp³-hybridized carbons (Fsp3) is 0.133. The molecule has 0 saturated heterocycles. The molecule has 0 saturated carbocycles. The predicted molar refractivity (Wildman–Crippen MR) is 91.6 cm³/mol. The van der Waals surface area contributed by atoms with Gasteiger partial charge >= 0.3 is 0 Å². The predicted octanol–water partition coefficient (Wildman–Crippen LogP) is 4.47. The SMILES string of the molecule is Cc1ncc(-c2ccc(S(=O)(=O)Nc3ccc(C)c(Cl)c3)s2)o1. The van der Waals surface area contributed by atoms with Gasteiger partial charge in [0.25, 0.3) is 10.0 Å². The van der Waals surface area contributed by atoms with Crippen molar-refractivity contribution in [3.63, 3.8) is 0 Å². The fourth-order valence-electron chi connectivity index (χ4n) is 1.93. The Kier molecular flexibility index (Phi) is 4.18. The second-order valence-electron chi connectivity index (χ2n) is 4.93. The molecular weight excluding hydrogens is 356 g/mol. The van der Waals surface area contributed by atoms with Crippen LogP contribution in [-0.4, -0.2) is 13.4 Å². The van der Waals surface area contributed by atoms with Crippen LogP contribution in [0.3, 0.4) is 0 Å². The molecule has 0 aliphatic heterocycles. The Morgan fingerprint density at radius 3 is 2.65 bits per heavy atom. The van der Waals surface area contributed by atoms with Crippen molar-refractivity contribution >= 4 is 38.6 Å². The highest BCUT2D eigenvalue weighted by atomic mass is 35.5. The number of thiophene rings is 1. The van der Waals surface area contributed by atoms with E-state index in [-0.39, 0.29) is 4.21 Å². The van der Waals surface area contributed by atoms with Crippen molar-refractivity contribution < 1.29 is 12.8 Å². The van der Waals surface area contributed by atoms with Gasteiger partial charge in [0.15, 0.2) is 11.7 Å². The standard InChI is InChI=1S/C15H13ClN2O3S2/c1-9-3-4-11(7-12(9)16)18-23(19,20)15-6-5-14(22-15)13-8-17-10(2)21-13/h3-8,18H,1-2H3. The number of aromatic nitrogens is 1. The first kappa shape index (κ1) is 16.0. The van der Waals surface area contributed by atoms with E-state index < -0.39 is 10.0 Å². The number of sulfonamides is 1. The molecule has 5 nitrogen and oxygen atoms in total. The van der Waals surface area contributed by atoms with E-state index in [1.165, 1.54) is 6.07 Å². The summed E-state index contributed by atoms with van der Waals surface area (Å²) in [4.78, 5) is 4.71. The third-order valence-corrected chi connectivity index (χ3v) is 6.51. The maximum Gasteiger partial charge on any atom is 0.271 e. The molecule has 23 heavy (non-hydrogen) atoms. The number of rotatable bonds is 4. The number of hydrogen-bond donors (Lipinski definition) is 1. The average molecular weight is 369 g/mol. The van der Waals surface area contributed by atoms with Gasteiger partial charge in [0.1, 0.15) is 4.21 Å². The molecule has 8 heteroatoms. The first-order valence-electron chi connectivity index (χ1n) is 6.67. The van der Waals surface area contributed by atoms with Crippen LogP contribution in [0.4, 0.5) is 5.69 Å². The van der Waals surface area contributed by atoms with Crippen LogP contribution in [-0.2, 0) is 10.0 Å². The van der Waals surface area contributed by atoms with Gasteiger partial charge < -0.3 is 4.42 Å². The van der Waals surface area contributed by atoms with Gasteiger partial charge in [0.05, 0.1) is 16.8 Å². The van der Waals surface area contributed by atoms with Crippen molar-refractivity contribution in [1.29, 1.82) is 0 Å². The average Bonchev–Trinajstić information content (AvgIpc) is 3.11. The topological polar surface area (TPSA) is 72.2 Å². The summed E-state index contributed by atoms with van der Waals surface area (Å²) in [6, 6.07) is 8.25. The summed E-state index contributed by atoms with van der Waals surface area (Å²) in [6.07, 6.45) is 1.57. The van der Waals surface area contributed by atoms with Gasteiger partial charge in [-0.2, -0.15) is 0 Å². The van der Waals surface area contributed by atoms with Gasteiger partial charge in [-0.15, -0.1) is 11.3 Å². The van der Waals surface area contributed by atoms with Crippen LogP contribution in [0.15, 0.2) is 45.2 Å². The number of aryl methyl sites for hydroxylation is 2. The molecule has 1 N–H and O–H groups in total. The minimum Gasteiger partial charge on any atom is -0.440 e. The molecule has 0 amide bonds. The molecule has 120 valence electrons. The molecule has 1 aromatic carbocycles. The summed E-state index contributed by atoms with van der Waals surface area (Å²) < 4.78 is 33.0. The maximum atomic E-state index is 12.5. The first-order chi connectivity index (χ1) is 10.8. The summed E-state index contributed by atoms with van der Waals surface area (Å²) in [5, 5.41) is 0.509. The van der Waals surface area contributed by atoms with Crippen molar-refractivity contribution in [1.82, 2.24) is 4.98 Å². The lowest BCUT2D eigenvalue weighted by molar-refractivity contribution is 0.535. The minimum absolute atomic E-state index is 0.193. The van der Waals surface area contributed by atoms with E-state index in [2.05, 4.69) is 9.71 Å². The normalized spacial score (nSPS) is 11.6. The van der Waals surface area contributed by atoms with Gasteiger partial charge in [-0.05, 0) is 36.8 Å². The molecule has 0 unspecified atom stereocenters. The Morgan fingerprint density at radius 2 is 2.00 bits per heavy atom. The van der Waals surface area contributed by atoms with Crippen molar-refractivity contribution in [2.75, 3.05) is 4.72 Å². The summed E-state index contributed by atoms with van der Waals surface area (Å²) >= 11 is 7.14. The molecule has 2 heterocycles. The van der Waals surface area contributed by atoms with E-state index in [9.17, 15) is 8.42 Å². The van der Waals surface area contributed by atoms with Crippen LogP contribution in [0.1, 0.15) is 11.5 Å². The van der Waals surface area contributed by atoms with E-state index in [1.54, 1.807) is 37.4 Å². The quantitative estimate of drug-likeness (QED) is 0.737. The Balaban J connectivity index is 1.88. The van der Waals surface area contributed by atoms with Crippen molar-refractivity contribution in [2.24, 2.45) is 0 Å². The van der Waals surface area contributed by atoms with Crippen LogP contribution < -0.4 is 4.72 Å². The molecule has 3 rings (SSSR count). The number of nitrogens with zero attached hydrogens (tertiary/aromatic N) is 1. The molecule has 0 radical (unpaired) electrons. The molecule has 3 aromatic rings. The Labute approximate surface area is 143 Å². The number of halogens is 1. The molecule has 0 atom stereocenters. The largest absolute Gasteiger partial charge is 0.440 e. The summed E-state index contributed by atoms with van der Waals surface area (Å²) in [6.45, 7) is 3.59. The third-order valence-electron chi connectivity index (χ3n) is 3.13. The van der Waals surface area contributed by atoms with Crippen LogP contribution in [0.5, 0.6) is 0 Å². The zero-order chi connectivity index (χ0) is 16.6. The van der Waals surface area contributed by atoms with Gasteiger partial charge in [0.2, 0.25) is 0 Å². The lowest BCUT2D eigenvalue weighted by atomic mass is 10.2. The summed E-state index contributed by atoms with van der Waals surface area (Å²) in [7, 11) is -3.68. The van der Waals surface area contributed by atoms with Crippen molar-refractivity contribution in [3.05, 3.63) is 53.0 Å². The van der Waals surface area contributed by atoms with E-state index in [0.29, 0.717) is 27.2 Å². The zero-order valence-electron chi connectivity index (χ0n) is 12.3. The van der Waals surface area contributed by atoms with Crippen LogP contribution >= 0.6 is 22.9 Å². The zero-order valence-corrected chi connectivity index (χ0v) is 14.7. The van der Waals surface area contributed by atoms with Gasteiger partial charge in [-0.1, -0.05) is 17.7 Å². The molecule has 2 aromatic heterocycles. The number of benzene rings is 1. The molecule has 0 bridgehead atoms. The lowest BCUT2D eigenvalue weighted by Crippen LogP contribution is -2.11. The highest BCUT2D eigenvalue weighted by molar-refractivity contribution is 7.94. The Morgan fingerprint density at radius 1 is 1.22 bits per heavy atom. The van der Waals surface area contributed by atoms with E-state index in [0.717, 1.165) is 16.9 Å². The molecule has 0 fully saturated rings. The van der Waals surface area contributed by atoms with Crippen LogP contribution in [0.2, 0.25) is 5.02 Å². The van der Waals surface area contributed by atoms with Gasteiger partial charge in [0, 0.05) is 11.9 Å². The van der Waals surface area contributed by atoms with Crippen molar-refractivity contribution in [3.8, 4) is 10.6 Å². The number of hydrogen-bond acceptors (Lipinski definition) is 5. The fourth-order valence-corrected chi connectivity index (χ4v) is 4.42. The van der Waals surface area contributed by atoms with E-state index in [4.69, 9.17) is 16.0 Å². The second kappa shape index (κ2) is 5.99. The van der Waals surface area contributed by atoms with Crippen LogP contribution in [0, 0.1) is 13.8 Å². The monoisotopic (exact) mass is 368 g/mol. The van der Waals surface area contributed by atoms with Crippen molar-refractivity contribution in [2.45, 2.75) is 18.1 Å². The van der Waals surface area contributed by atoms with Crippen LogP contribution in [0.25, 0.3) is 10.6 Å². The molecule has 0 aliphatic rings. The van der Waals surface area contributed by atoms with E-state index >= 15 is 0 Å². The number of anilines is 1. The second-order valence-corrected chi connectivity index (χ2v) is 8.33. The Bertz CT molecular complexity index is 961. The minimum atomic E-state index is -3.68. The lowest BCUT2D eigenvalue weighted by Gasteiger charge is -2.07. The Hall–Kier alpha value is -1.83. The first-order valence-corrected chi connectivity index (χ1v) is 9.34. The van der Waals surface area contributed by atoms with Gasteiger partial charge in [-0.25, -0.2) is 13.4 Å². The van der Waals surface area contributed by atoms with E-state index in [1.807, 2.05) is 6.92 Å².